The zero-order chi connectivity index (χ0) is 13.2. The van der Waals surface area contributed by atoms with Crippen LogP contribution in [0.5, 0.6) is 0 Å². The van der Waals surface area contributed by atoms with Crippen LogP contribution >= 0.6 is 0 Å². The van der Waals surface area contributed by atoms with Crippen LogP contribution in [0, 0.1) is 0 Å². The van der Waals surface area contributed by atoms with Gasteiger partial charge in [0, 0.05) is 0 Å². The van der Waals surface area contributed by atoms with Crippen LogP contribution < -0.4 is 5.73 Å². The molecule has 0 spiro atoms. The summed E-state index contributed by atoms with van der Waals surface area (Å²) < 4.78 is 5.16. The van der Waals surface area contributed by atoms with Crippen molar-refractivity contribution in [2.24, 2.45) is 5.73 Å². The van der Waals surface area contributed by atoms with Crippen LogP contribution in [0.25, 0.3) is 0 Å². The lowest BCUT2D eigenvalue weighted by atomic mass is 10.0. The molecule has 2 N–H and O–H groups in total. The zero-order valence-electron chi connectivity index (χ0n) is 11.1. The van der Waals surface area contributed by atoms with E-state index in [1.165, 1.54) is 18.4 Å². The summed E-state index contributed by atoms with van der Waals surface area (Å²) in [6, 6.07) is 10.2. The van der Waals surface area contributed by atoms with Gasteiger partial charge in [-0.05, 0) is 31.2 Å². The highest BCUT2D eigenvalue weighted by molar-refractivity contribution is 5.64. The van der Waals surface area contributed by atoms with Crippen LogP contribution in [0.15, 0.2) is 30.3 Å². The smallest absolute Gasteiger partial charge is 0.404 e. The van der Waals surface area contributed by atoms with Crippen molar-refractivity contribution >= 4 is 6.09 Å². The molecule has 1 rings (SSSR count). The molecule has 0 fully saturated rings. The number of benzene rings is 1. The van der Waals surface area contributed by atoms with Crippen LogP contribution in [0.2, 0.25) is 0 Å². The molecule has 18 heavy (non-hydrogen) atoms. The predicted molar refractivity (Wildman–Crippen MR) is 73.4 cm³/mol. The van der Waals surface area contributed by atoms with Gasteiger partial charge in [-0.25, -0.2) is 4.79 Å². The summed E-state index contributed by atoms with van der Waals surface area (Å²) in [5.74, 6) is 0. The molecule has 1 aromatic rings. The summed E-state index contributed by atoms with van der Waals surface area (Å²) in [5, 5.41) is 0. The Labute approximate surface area is 109 Å². The minimum atomic E-state index is -0.662. The van der Waals surface area contributed by atoms with Gasteiger partial charge in [-0.1, -0.05) is 50.1 Å². The maximum atomic E-state index is 10.9. The number of rotatable bonds is 8. The number of hydrogen-bond donors (Lipinski definition) is 1. The van der Waals surface area contributed by atoms with Crippen LogP contribution in [-0.2, 0) is 11.2 Å². The molecule has 0 aliphatic carbocycles. The Morgan fingerprint density at radius 3 is 2.56 bits per heavy atom. The molecule has 0 aromatic heterocycles. The van der Waals surface area contributed by atoms with Crippen molar-refractivity contribution in [3.63, 3.8) is 0 Å². The lowest BCUT2D eigenvalue weighted by Gasteiger charge is -2.16. The van der Waals surface area contributed by atoms with Gasteiger partial charge in [-0.3, -0.25) is 0 Å². The van der Waals surface area contributed by atoms with E-state index in [-0.39, 0.29) is 6.10 Å². The molecule has 1 amide bonds. The number of nitrogens with two attached hydrogens (primary N) is 1. The number of carbonyl (C=O) groups is 1. The fourth-order valence-electron chi connectivity index (χ4n) is 2.02. The Morgan fingerprint density at radius 1 is 1.22 bits per heavy atom. The van der Waals surface area contributed by atoms with E-state index in [0.717, 1.165) is 25.7 Å². The van der Waals surface area contributed by atoms with Crippen molar-refractivity contribution in [2.75, 3.05) is 0 Å². The molecule has 1 aromatic carbocycles. The van der Waals surface area contributed by atoms with Gasteiger partial charge in [-0.15, -0.1) is 0 Å². The number of aryl methyl sites for hydroxylation is 1. The van der Waals surface area contributed by atoms with Crippen LogP contribution in [0.1, 0.15) is 44.6 Å². The normalized spacial score (nSPS) is 12.1. The second kappa shape index (κ2) is 8.56. The molecule has 100 valence electrons. The number of carbonyl (C=O) groups excluding carboxylic acids is 1. The second-order valence-corrected chi connectivity index (χ2v) is 4.58. The summed E-state index contributed by atoms with van der Waals surface area (Å²) in [7, 11) is 0. The van der Waals surface area contributed by atoms with Crippen molar-refractivity contribution in [1.29, 1.82) is 0 Å². The maximum absolute atomic E-state index is 10.9. The molecule has 0 heterocycles. The van der Waals surface area contributed by atoms with E-state index in [0.29, 0.717) is 0 Å². The topological polar surface area (TPSA) is 52.3 Å². The molecule has 1 atom stereocenters. The van der Waals surface area contributed by atoms with E-state index in [2.05, 4.69) is 19.1 Å². The molecule has 0 saturated heterocycles. The lowest BCUT2D eigenvalue weighted by Crippen LogP contribution is -2.23. The number of unbranched alkanes of at least 4 members (excludes halogenated alkanes) is 2. The van der Waals surface area contributed by atoms with E-state index in [1.54, 1.807) is 0 Å². The first-order chi connectivity index (χ1) is 8.72. The largest absolute Gasteiger partial charge is 0.446 e. The van der Waals surface area contributed by atoms with E-state index in [9.17, 15) is 4.79 Å². The van der Waals surface area contributed by atoms with Gasteiger partial charge in [0.2, 0.25) is 0 Å². The first kappa shape index (κ1) is 14.6. The molecule has 3 nitrogen and oxygen atoms in total. The third-order valence-electron chi connectivity index (χ3n) is 3.01. The lowest BCUT2D eigenvalue weighted by molar-refractivity contribution is 0.0942. The van der Waals surface area contributed by atoms with Gasteiger partial charge in [-0.2, -0.15) is 0 Å². The number of primary amides is 1. The Kier molecular flexibility index (Phi) is 6.92. The average molecular weight is 249 g/mol. The minimum absolute atomic E-state index is 0.0470. The molecule has 0 saturated carbocycles. The summed E-state index contributed by atoms with van der Waals surface area (Å²) >= 11 is 0. The fraction of sp³-hybridized carbons (Fsp3) is 0.533. The molecule has 0 aliphatic rings. The van der Waals surface area contributed by atoms with Gasteiger partial charge in [0.1, 0.15) is 6.10 Å². The third kappa shape index (κ3) is 6.28. The highest BCUT2D eigenvalue weighted by Gasteiger charge is 2.12. The first-order valence-corrected chi connectivity index (χ1v) is 6.72. The van der Waals surface area contributed by atoms with Gasteiger partial charge < -0.3 is 10.5 Å². The summed E-state index contributed by atoms with van der Waals surface area (Å²) in [6.45, 7) is 2.16. The van der Waals surface area contributed by atoms with E-state index >= 15 is 0 Å². The molecular formula is C15H23NO2. The third-order valence-corrected chi connectivity index (χ3v) is 3.01. The van der Waals surface area contributed by atoms with Crippen LogP contribution in [-0.4, -0.2) is 12.2 Å². The number of hydrogen-bond acceptors (Lipinski definition) is 2. The second-order valence-electron chi connectivity index (χ2n) is 4.58. The SMILES string of the molecule is CCCCCC(CCc1ccccc1)OC(N)=O. The summed E-state index contributed by atoms with van der Waals surface area (Å²) in [4.78, 5) is 10.9. The van der Waals surface area contributed by atoms with Crippen molar-refractivity contribution in [1.82, 2.24) is 0 Å². The Bertz CT molecular complexity index is 338. The minimum Gasteiger partial charge on any atom is -0.446 e. The number of amides is 1. The van der Waals surface area contributed by atoms with E-state index in [4.69, 9.17) is 10.5 Å². The predicted octanol–water partition coefficient (Wildman–Crippen LogP) is 3.66. The molecule has 1 unspecified atom stereocenters. The monoisotopic (exact) mass is 249 g/mol. The van der Waals surface area contributed by atoms with Gasteiger partial charge in [0.05, 0.1) is 0 Å². The van der Waals surface area contributed by atoms with E-state index in [1.807, 2.05) is 18.2 Å². The molecule has 3 heteroatoms. The van der Waals surface area contributed by atoms with Gasteiger partial charge in [0.25, 0.3) is 0 Å². The van der Waals surface area contributed by atoms with Crippen molar-refractivity contribution in [2.45, 2.75) is 51.6 Å². The molecular weight excluding hydrogens is 226 g/mol. The van der Waals surface area contributed by atoms with Gasteiger partial charge >= 0.3 is 6.09 Å². The molecule has 0 aliphatic heterocycles. The Balaban J connectivity index is 2.37. The fourth-order valence-corrected chi connectivity index (χ4v) is 2.02. The van der Waals surface area contributed by atoms with E-state index < -0.39 is 6.09 Å². The van der Waals surface area contributed by atoms with Crippen molar-refractivity contribution < 1.29 is 9.53 Å². The van der Waals surface area contributed by atoms with Gasteiger partial charge in [0.15, 0.2) is 0 Å². The van der Waals surface area contributed by atoms with Crippen LogP contribution in [0.4, 0.5) is 4.79 Å². The maximum Gasteiger partial charge on any atom is 0.404 e. The Morgan fingerprint density at radius 2 is 1.94 bits per heavy atom. The quantitative estimate of drug-likeness (QED) is 0.715. The highest BCUT2D eigenvalue weighted by atomic mass is 16.6. The standard InChI is InChI=1S/C15H23NO2/c1-2-3-5-10-14(18-15(16)17)12-11-13-8-6-4-7-9-13/h4,6-9,14H,2-3,5,10-12H2,1H3,(H2,16,17). The van der Waals surface area contributed by atoms with Crippen molar-refractivity contribution in [3.8, 4) is 0 Å². The number of ether oxygens (including phenoxy) is 1. The summed E-state index contributed by atoms with van der Waals surface area (Å²) in [6.07, 6.45) is 5.39. The van der Waals surface area contributed by atoms with Crippen LogP contribution in [0.3, 0.4) is 0 Å². The average Bonchev–Trinajstić information content (AvgIpc) is 2.37. The Hall–Kier alpha value is -1.51. The molecule has 0 bridgehead atoms. The zero-order valence-corrected chi connectivity index (χ0v) is 11.1. The molecule has 0 radical (unpaired) electrons. The first-order valence-electron chi connectivity index (χ1n) is 6.72. The summed E-state index contributed by atoms with van der Waals surface area (Å²) in [5.41, 5.74) is 6.37. The highest BCUT2D eigenvalue weighted by Crippen LogP contribution is 2.14. The van der Waals surface area contributed by atoms with Crippen molar-refractivity contribution in [3.05, 3.63) is 35.9 Å².